The molecule has 0 amide bonds. The molecule has 0 N–H and O–H groups in total. The lowest BCUT2D eigenvalue weighted by Gasteiger charge is -2.11. The maximum atomic E-state index is 14.8. The van der Waals surface area contributed by atoms with E-state index in [2.05, 4.69) is 0 Å². The molecule has 3 aromatic rings. The lowest BCUT2D eigenvalue weighted by atomic mass is 9.95. The predicted octanol–water partition coefficient (Wildman–Crippen LogP) is 5.47. The molecule has 0 heterocycles. The van der Waals surface area contributed by atoms with E-state index in [-0.39, 0.29) is 5.82 Å². The van der Waals surface area contributed by atoms with E-state index in [1.165, 1.54) is 0 Å². The van der Waals surface area contributed by atoms with Crippen LogP contribution in [0.15, 0.2) is 72.8 Å². The molecular weight excluding hydrogens is 247 g/mol. The molecule has 0 fully saturated rings. The summed E-state index contributed by atoms with van der Waals surface area (Å²) in [6.07, 6.45) is 0. The molecule has 0 aliphatic carbocycles. The van der Waals surface area contributed by atoms with Crippen LogP contribution in [-0.2, 0) is 0 Å². The normalized spacial score (nSPS) is 10.5. The van der Waals surface area contributed by atoms with Gasteiger partial charge in [-0.05, 0) is 35.7 Å². The fourth-order valence-electron chi connectivity index (χ4n) is 2.42. The van der Waals surface area contributed by atoms with Gasteiger partial charge in [-0.3, -0.25) is 0 Å². The van der Waals surface area contributed by atoms with Crippen molar-refractivity contribution in [1.29, 1.82) is 0 Å². The van der Waals surface area contributed by atoms with E-state index in [1.807, 2.05) is 79.7 Å². The highest BCUT2D eigenvalue weighted by molar-refractivity contribution is 5.75. The second-order valence-corrected chi connectivity index (χ2v) is 4.91. The summed E-state index contributed by atoms with van der Waals surface area (Å²) >= 11 is 0. The third-order valence-electron chi connectivity index (χ3n) is 3.39. The Balaban J connectivity index is 2.22. The highest BCUT2D eigenvalue weighted by atomic mass is 19.1. The Morgan fingerprint density at radius 2 is 1.05 bits per heavy atom. The minimum absolute atomic E-state index is 0.159. The largest absolute Gasteiger partial charge is 0.206 e. The minimum Gasteiger partial charge on any atom is -0.206 e. The van der Waals surface area contributed by atoms with Crippen LogP contribution in [0.3, 0.4) is 0 Å². The molecule has 0 bridgehead atoms. The van der Waals surface area contributed by atoms with Crippen LogP contribution in [0.5, 0.6) is 0 Å². The highest BCUT2D eigenvalue weighted by Gasteiger charge is 2.12. The lowest BCUT2D eigenvalue weighted by Crippen LogP contribution is -1.91. The predicted molar refractivity (Wildman–Crippen MR) is 82.0 cm³/mol. The van der Waals surface area contributed by atoms with Crippen LogP contribution < -0.4 is 0 Å². The number of aryl methyl sites for hydroxylation is 1. The van der Waals surface area contributed by atoms with Gasteiger partial charge in [-0.2, -0.15) is 0 Å². The zero-order valence-corrected chi connectivity index (χ0v) is 11.3. The number of hydrogen-bond acceptors (Lipinski definition) is 0. The second-order valence-electron chi connectivity index (χ2n) is 4.91. The van der Waals surface area contributed by atoms with Gasteiger partial charge < -0.3 is 0 Å². The van der Waals surface area contributed by atoms with Gasteiger partial charge in [0.25, 0.3) is 0 Å². The van der Waals surface area contributed by atoms with Crippen molar-refractivity contribution in [3.8, 4) is 22.3 Å². The maximum absolute atomic E-state index is 14.8. The Morgan fingerprint density at radius 1 is 0.650 bits per heavy atom. The summed E-state index contributed by atoms with van der Waals surface area (Å²) in [5, 5.41) is 0. The summed E-state index contributed by atoms with van der Waals surface area (Å²) in [7, 11) is 0. The van der Waals surface area contributed by atoms with Gasteiger partial charge in [0, 0.05) is 11.1 Å². The van der Waals surface area contributed by atoms with E-state index >= 15 is 0 Å². The Bertz CT molecular complexity index is 655. The van der Waals surface area contributed by atoms with Crippen LogP contribution in [0.4, 0.5) is 4.39 Å². The first-order chi connectivity index (χ1) is 9.75. The van der Waals surface area contributed by atoms with E-state index in [1.54, 1.807) is 0 Å². The Kier molecular flexibility index (Phi) is 3.34. The zero-order chi connectivity index (χ0) is 13.9. The molecule has 0 saturated heterocycles. The fourth-order valence-corrected chi connectivity index (χ4v) is 2.42. The van der Waals surface area contributed by atoms with Crippen molar-refractivity contribution in [3.63, 3.8) is 0 Å². The quantitative estimate of drug-likeness (QED) is 0.574. The van der Waals surface area contributed by atoms with Crippen molar-refractivity contribution in [2.45, 2.75) is 6.92 Å². The van der Waals surface area contributed by atoms with Gasteiger partial charge in [-0.25, -0.2) is 4.39 Å². The summed E-state index contributed by atoms with van der Waals surface area (Å²) in [5.41, 5.74) is 4.19. The average Bonchev–Trinajstić information content (AvgIpc) is 2.51. The van der Waals surface area contributed by atoms with Crippen LogP contribution in [0, 0.1) is 12.7 Å². The third kappa shape index (κ3) is 2.35. The molecule has 20 heavy (non-hydrogen) atoms. The maximum Gasteiger partial charge on any atom is 0.138 e. The van der Waals surface area contributed by atoms with E-state index in [9.17, 15) is 4.39 Å². The topological polar surface area (TPSA) is 0 Å². The van der Waals surface area contributed by atoms with Crippen molar-refractivity contribution in [2.75, 3.05) is 0 Å². The molecule has 1 heteroatoms. The molecule has 0 saturated carbocycles. The number of benzene rings is 3. The van der Waals surface area contributed by atoms with Crippen molar-refractivity contribution < 1.29 is 4.39 Å². The molecule has 0 spiro atoms. The van der Waals surface area contributed by atoms with Gasteiger partial charge >= 0.3 is 0 Å². The van der Waals surface area contributed by atoms with Crippen LogP contribution >= 0.6 is 0 Å². The zero-order valence-electron chi connectivity index (χ0n) is 11.3. The third-order valence-corrected chi connectivity index (χ3v) is 3.39. The fraction of sp³-hybridized carbons (Fsp3) is 0.0526. The van der Waals surface area contributed by atoms with Gasteiger partial charge in [-0.1, -0.05) is 60.7 Å². The van der Waals surface area contributed by atoms with Crippen LogP contribution in [-0.4, -0.2) is 0 Å². The summed E-state index contributed by atoms with van der Waals surface area (Å²) in [4.78, 5) is 0. The van der Waals surface area contributed by atoms with E-state index in [0.717, 1.165) is 16.7 Å². The van der Waals surface area contributed by atoms with Crippen molar-refractivity contribution >= 4 is 0 Å². The number of rotatable bonds is 2. The molecule has 0 unspecified atom stereocenters. The molecule has 0 radical (unpaired) electrons. The van der Waals surface area contributed by atoms with Gasteiger partial charge in [-0.15, -0.1) is 0 Å². The molecule has 0 atom stereocenters. The molecular formula is C19H15F. The first kappa shape index (κ1) is 12.6. The van der Waals surface area contributed by atoms with Crippen molar-refractivity contribution in [3.05, 3.63) is 84.2 Å². The standard InChI is InChI=1S/C19H15F/c1-14-12-17(15-8-4-2-5-9-15)19(20)18(13-14)16-10-6-3-7-11-16/h2-13H,1H3. The lowest BCUT2D eigenvalue weighted by molar-refractivity contribution is 0.634. The van der Waals surface area contributed by atoms with Gasteiger partial charge in [0.2, 0.25) is 0 Å². The summed E-state index contributed by atoms with van der Waals surface area (Å²) in [5.74, 6) is -0.159. The van der Waals surface area contributed by atoms with Gasteiger partial charge in [0.05, 0.1) is 0 Å². The van der Waals surface area contributed by atoms with Crippen molar-refractivity contribution in [2.24, 2.45) is 0 Å². The van der Waals surface area contributed by atoms with Crippen molar-refractivity contribution in [1.82, 2.24) is 0 Å². The SMILES string of the molecule is Cc1cc(-c2ccccc2)c(F)c(-c2ccccc2)c1. The average molecular weight is 262 g/mol. The van der Waals surface area contributed by atoms with Gasteiger partial charge in [0.1, 0.15) is 5.82 Å². The van der Waals surface area contributed by atoms with E-state index in [4.69, 9.17) is 0 Å². The summed E-state index contributed by atoms with van der Waals surface area (Å²) in [6.45, 7) is 2.00. The van der Waals surface area contributed by atoms with Gasteiger partial charge in [0.15, 0.2) is 0 Å². The Hall–Kier alpha value is -2.41. The Morgan fingerprint density at radius 3 is 1.45 bits per heavy atom. The molecule has 0 aliphatic heterocycles. The molecule has 0 aliphatic rings. The Labute approximate surface area is 118 Å². The van der Waals surface area contributed by atoms with Crippen LogP contribution in [0.25, 0.3) is 22.3 Å². The first-order valence-corrected chi connectivity index (χ1v) is 6.67. The minimum atomic E-state index is -0.159. The second kappa shape index (κ2) is 5.30. The van der Waals surface area contributed by atoms with E-state index < -0.39 is 0 Å². The highest BCUT2D eigenvalue weighted by Crippen LogP contribution is 2.32. The molecule has 3 rings (SSSR count). The smallest absolute Gasteiger partial charge is 0.138 e. The molecule has 0 nitrogen and oxygen atoms in total. The number of halogens is 1. The van der Waals surface area contributed by atoms with Crippen LogP contribution in [0.1, 0.15) is 5.56 Å². The summed E-state index contributed by atoms with van der Waals surface area (Å²) < 4.78 is 14.8. The summed E-state index contributed by atoms with van der Waals surface area (Å²) in [6, 6.07) is 23.1. The molecule has 3 aromatic carbocycles. The monoisotopic (exact) mass is 262 g/mol. The van der Waals surface area contributed by atoms with Crippen LogP contribution in [0.2, 0.25) is 0 Å². The molecule has 0 aromatic heterocycles. The molecule has 98 valence electrons. The number of hydrogen-bond donors (Lipinski definition) is 0. The first-order valence-electron chi connectivity index (χ1n) is 6.67. The van der Waals surface area contributed by atoms with E-state index in [0.29, 0.717) is 11.1 Å².